The highest BCUT2D eigenvalue weighted by Crippen LogP contribution is 2.45. The summed E-state index contributed by atoms with van der Waals surface area (Å²) in [6.07, 6.45) is 4.56. The van der Waals surface area contributed by atoms with Crippen LogP contribution in [0, 0.1) is 11.7 Å². The number of halogens is 3. The van der Waals surface area contributed by atoms with E-state index >= 15 is 0 Å². The lowest BCUT2D eigenvalue weighted by Gasteiger charge is -2.39. The maximum atomic E-state index is 14.8. The van der Waals surface area contributed by atoms with E-state index in [1.54, 1.807) is 13.2 Å². The molecule has 1 saturated heterocycles. The van der Waals surface area contributed by atoms with Gasteiger partial charge in [-0.1, -0.05) is 30.1 Å². The van der Waals surface area contributed by atoms with Gasteiger partial charge in [-0.3, -0.25) is 4.79 Å². The second-order valence-electron chi connectivity index (χ2n) is 11.0. The van der Waals surface area contributed by atoms with Gasteiger partial charge in [-0.15, -0.1) is 0 Å². The Labute approximate surface area is 240 Å². The number of hydrogen-bond donors (Lipinski definition) is 1. The monoisotopic (exact) mass is 600 g/mol. The highest BCUT2D eigenvalue weighted by molar-refractivity contribution is 7.89. The molecule has 1 N–H and O–H groups in total. The zero-order valence-corrected chi connectivity index (χ0v) is 24.8. The Hall–Kier alpha value is -1.91. The number of methoxy groups -OCH3 is 1. The highest BCUT2D eigenvalue weighted by Gasteiger charge is 2.33. The molecular weight excluding hydrogens is 566 g/mol. The van der Waals surface area contributed by atoms with Crippen molar-refractivity contribution in [3.8, 4) is 5.75 Å². The summed E-state index contributed by atoms with van der Waals surface area (Å²) in [5.74, 6) is -0.858. The third-order valence-electron chi connectivity index (χ3n) is 7.42. The van der Waals surface area contributed by atoms with Crippen molar-refractivity contribution in [2.45, 2.75) is 43.9 Å². The Kier molecular flexibility index (Phi) is 9.49. The second-order valence-corrected chi connectivity index (χ2v) is 13.7. The van der Waals surface area contributed by atoms with Crippen molar-refractivity contribution in [2.24, 2.45) is 5.92 Å². The lowest BCUT2D eigenvalue weighted by Crippen LogP contribution is -2.45. The molecule has 2 aliphatic rings. The summed E-state index contributed by atoms with van der Waals surface area (Å²) in [4.78, 5) is 14.7. The van der Waals surface area contributed by atoms with E-state index in [1.807, 2.05) is 16.9 Å². The van der Waals surface area contributed by atoms with E-state index in [0.717, 1.165) is 62.7 Å². The maximum Gasteiger partial charge on any atom is 0.267 e. The Morgan fingerprint density at radius 2 is 1.74 bits per heavy atom. The molecule has 0 spiro atoms. The van der Waals surface area contributed by atoms with Crippen molar-refractivity contribution < 1.29 is 27.1 Å². The third kappa shape index (κ3) is 8.07. The largest absolute Gasteiger partial charge is 0.493 e. The van der Waals surface area contributed by atoms with Crippen molar-refractivity contribution in [2.75, 3.05) is 46.2 Å². The first-order valence-electron chi connectivity index (χ1n) is 13.0. The van der Waals surface area contributed by atoms with Gasteiger partial charge in [-0.2, -0.15) is 0 Å². The van der Waals surface area contributed by atoms with E-state index in [-0.39, 0.29) is 16.9 Å². The fraction of sp³-hybridized carbons (Fsp3) is 0.536. The third-order valence-corrected chi connectivity index (χ3v) is 8.41. The molecule has 214 valence electrons. The summed E-state index contributed by atoms with van der Waals surface area (Å²) in [6, 6.07) is 8.26. The van der Waals surface area contributed by atoms with E-state index in [1.165, 1.54) is 12.1 Å². The number of sulfonamides is 1. The van der Waals surface area contributed by atoms with Crippen LogP contribution in [0.5, 0.6) is 5.75 Å². The topological polar surface area (TPSA) is 84.9 Å². The predicted molar refractivity (Wildman–Crippen MR) is 151 cm³/mol. The molecular formula is C28H35Cl2FN2O5S. The normalized spacial score (nSPS) is 18.5. The maximum absolute atomic E-state index is 14.8. The zero-order chi connectivity index (χ0) is 28.4. The summed E-state index contributed by atoms with van der Waals surface area (Å²) >= 11 is 12.6. The van der Waals surface area contributed by atoms with Gasteiger partial charge in [0.25, 0.3) is 5.91 Å². The first kappa shape index (κ1) is 30.1. The van der Waals surface area contributed by atoms with Gasteiger partial charge < -0.3 is 14.4 Å². The summed E-state index contributed by atoms with van der Waals surface area (Å²) in [5, 5.41) is 1.20. The Bertz CT molecular complexity index is 1290. The van der Waals surface area contributed by atoms with Crippen LogP contribution in [-0.4, -0.2) is 65.4 Å². The lowest BCUT2D eigenvalue weighted by molar-refractivity contribution is 0.0802. The molecule has 2 aromatic carbocycles. The molecule has 1 aliphatic carbocycles. The number of rotatable bonds is 11. The number of likely N-dealkylation sites (tertiary alicyclic amines) is 1. The SMILES string of the molecule is COC[C@](C)(CN1CCC(COc2cc(F)c(C(=O)NS(C)(=O)=O)cc2C2CC2)CC1)c1cc(Cl)cc(Cl)c1. The number of hydrogen-bond acceptors (Lipinski definition) is 6. The van der Waals surface area contributed by atoms with Gasteiger partial charge in [0, 0.05) is 35.2 Å². The number of ether oxygens (including phenoxy) is 2. The Morgan fingerprint density at radius 1 is 1.10 bits per heavy atom. The number of benzene rings is 2. The van der Waals surface area contributed by atoms with Gasteiger partial charge >= 0.3 is 0 Å². The summed E-state index contributed by atoms with van der Waals surface area (Å²) < 4.78 is 51.2. The minimum absolute atomic E-state index is 0.186. The number of nitrogens with one attached hydrogen (secondary N) is 1. The van der Waals surface area contributed by atoms with E-state index in [4.69, 9.17) is 32.7 Å². The van der Waals surface area contributed by atoms with Crippen LogP contribution in [0.4, 0.5) is 4.39 Å². The summed E-state index contributed by atoms with van der Waals surface area (Å²) in [7, 11) is -2.11. The molecule has 1 amide bonds. The number of carbonyl (C=O) groups excluding carboxylic acids is 1. The molecule has 39 heavy (non-hydrogen) atoms. The zero-order valence-electron chi connectivity index (χ0n) is 22.4. The average Bonchev–Trinajstić information content (AvgIpc) is 3.67. The van der Waals surface area contributed by atoms with E-state index in [9.17, 15) is 17.6 Å². The van der Waals surface area contributed by atoms with Crippen LogP contribution in [0.2, 0.25) is 10.0 Å². The first-order chi connectivity index (χ1) is 18.4. The Balaban J connectivity index is 1.37. The van der Waals surface area contributed by atoms with Crippen LogP contribution < -0.4 is 9.46 Å². The molecule has 4 rings (SSSR count). The molecule has 1 heterocycles. The fourth-order valence-corrected chi connectivity index (χ4v) is 6.23. The van der Waals surface area contributed by atoms with Gasteiger partial charge in [0.1, 0.15) is 11.6 Å². The lowest BCUT2D eigenvalue weighted by atomic mass is 9.82. The number of piperidine rings is 1. The molecule has 0 bridgehead atoms. The van der Waals surface area contributed by atoms with Crippen molar-refractivity contribution in [1.82, 2.24) is 9.62 Å². The smallest absolute Gasteiger partial charge is 0.267 e. The average molecular weight is 602 g/mol. The molecule has 1 saturated carbocycles. The van der Waals surface area contributed by atoms with Crippen molar-refractivity contribution in [3.63, 3.8) is 0 Å². The minimum Gasteiger partial charge on any atom is -0.493 e. The van der Waals surface area contributed by atoms with Crippen molar-refractivity contribution in [1.29, 1.82) is 0 Å². The van der Waals surface area contributed by atoms with Gasteiger partial charge in [0.15, 0.2) is 0 Å². The van der Waals surface area contributed by atoms with Crippen LogP contribution in [0.1, 0.15) is 60.0 Å². The molecule has 2 fully saturated rings. The van der Waals surface area contributed by atoms with Gasteiger partial charge in [0.2, 0.25) is 10.0 Å². The van der Waals surface area contributed by atoms with Gasteiger partial charge in [0.05, 0.1) is 25.0 Å². The fourth-order valence-electron chi connectivity index (χ4n) is 5.26. The van der Waals surface area contributed by atoms with Crippen LogP contribution in [0.25, 0.3) is 0 Å². The molecule has 2 aromatic rings. The summed E-state index contributed by atoms with van der Waals surface area (Å²) in [5.41, 5.74) is 1.22. The molecule has 1 atom stereocenters. The number of amides is 1. The van der Waals surface area contributed by atoms with Crippen molar-refractivity contribution in [3.05, 3.63) is 62.9 Å². The van der Waals surface area contributed by atoms with E-state index < -0.39 is 21.7 Å². The highest BCUT2D eigenvalue weighted by atomic mass is 35.5. The van der Waals surface area contributed by atoms with Crippen LogP contribution in [0.15, 0.2) is 30.3 Å². The molecule has 1 aliphatic heterocycles. The van der Waals surface area contributed by atoms with Gasteiger partial charge in [-0.05, 0) is 86.0 Å². The van der Waals surface area contributed by atoms with Gasteiger partial charge in [-0.25, -0.2) is 17.5 Å². The minimum atomic E-state index is -3.80. The molecule has 0 radical (unpaired) electrons. The standard InChI is InChI=1S/C28H35Cl2FN2O5S/c1-28(17-37-2,20-10-21(29)12-22(30)11-20)16-33-8-6-18(7-9-33)15-38-26-14-25(31)24(13-23(26)19-4-5-19)27(34)32-39(3,35)36/h10-14,18-19H,4-9,15-17H2,1-3H3,(H,32,34)/t28-/m0/s1. The van der Waals surface area contributed by atoms with Crippen LogP contribution in [0.3, 0.4) is 0 Å². The van der Waals surface area contributed by atoms with E-state index in [0.29, 0.717) is 34.9 Å². The molecule has 11 heteroatoms. The second kappa shape index (κ2) is 12.3. The van der Waals surface area contributed by atoms with Crippen LogP contribution >= 0.6 is 23.2 Å². The number of nitrogens with zero attached hydrogens (tertiary/aromatic N) is 1. The molecule has 0 aromatic heterocycles. The molecule has 0 unspecified atom stereocenters. The predicted octanol–water partition coefficient (Wildman–Crippen LogP) is 5.39. The van der Waals surface area contributed by atoms with Crippen molar-refractivity contribution >= 4 is 39.1 Å². The number of carbonyl (C=O) groups is 1. The summed E-state index contributed by atoms with van der Waals surface area (Å²) in [6.45, 7) is 5.69. The Morgan fingerprint density at radius 3 is 2.31 bits per heavy atom. The first-order valence-corrected chi connectivity index (χ1v) is 15.7. The quantitative estimate of drug-likeness (QED) is 0.372. The van der Waals surface area contributed by atoms with E-state index in [2.05, 4.69) is 11.8 Å². The molecule has 7 nitrogen and oxygen atoms in total. The van der Waals surface area contributed by atoms with Crippen LogP contribution in [-0.2, 0) is 20.2 Å².